The number of aryl methyl sites for hydroxylation is 1. The summed E-state index contributed by atoms with van der Waals surface area (Å²) in [5, 5.41) is 8.02. The van der Waals surface area contributed by atoms with Gasteiger partial charge in [0.15, 0.2) is 0 Å². The van der Waals surface area contributed by atoms with E-state index in [-0.39, 0.29) is 6.04 Å². The Balaban J connectivity index is 2.12. The maximum atomic E-state index is 5.22. The third kappa shape index (κ3) is 3.45. The van der Waals surface area contributed by atoms with Crippen LogP contribution in [0, 0.1) is 6.92 Å². The van der Waals surface area contributed by atoms with E-state index < -0.39 is 0 Å². The molecule has 4 heteroatoms. The molecule has 21 heavy (non-hydrogen) atoms. The van der Waals surface area contributed by atoms with Crippen molar-refractivity contribution in [3.63, 3.8) is 0 Å². The molecule has 2 atom stereocenters. The van der Waals surface area contributed by atoms with E-state index in [0.29, 0.717) is 6.04 Å². The Morgan fingerprint density at radius 2 is 1.95 bits per heavy atom. The monoisotopic (exact) mass is 287 g/mol. The zero-order valence-electron chi connectivity index (χ0n) is 13.6. The van der Waals surface area contributed by atoms with Crippen LogP contribution in [-0.2, 0) is 7.05 Å². The Labute approximate surface area is 127 Å². The Morgan fingerprint density at radius 1 is 1.29 bits per heavy atom. The lowest BCUT2D eigenvalue weighted by atomic mass is 10.0. The molecule has 0 saturated carbocycles. The molecule has 0 saturated heterocycles. The summed E-state index contributed by atoms with van der Waals surface area (Å²) in [6.45, 7) is 6.50. The lowest BCUT2D eigenvalue weighted by Gasteiger charge is -2.23. The minimum absolute atomic E-state index is 0.269. The number of benzene rings is 1. The Morgan fingerprint density at radius 3 is 2.43 bits per heavy atom. The van der Waals surface area contributed by atoms with Gasteiger partial charge in [-0.1, -0.05) is 19.1 Å². The summed E-state index contributed by atoms with van der Waals surface area (Å²) in [4.78, 5) is 0. The van der Waals surface area contributed by atoms with Gasteiger partial charge in [-0.2, -0.15) is 5.10 Å². The first kappa shape index (κ1) is 15.6. The lowest BCUT2D eigenvalue weighted by molar-refractivity contribution is 0.413. The van der Waals surface area contributed by atoms with E-state index in [0.717, 1.165) is 12.2 Å². The van der Waals surface area contributed by atoms with Gasteiger partial charge in [0.25, 0.3) is 0 Å². The molecule has 0 bridgehead atoms. The van der Waals surface area contributed by atoms with Gasteiger partial charge in [-0.25, -0.2) is 0 Å². The van der Waals surface area contributed by atoms with Crippen LogP contribution >= 0.6 is 0 Å². The number of ether oxygens (including phenoxy) is 1. The highest BCUT2D eigenvalue weighted by Gasteiger charge is 2.17. The van der Waals surface area contributed by atoms with Crippen LogP contribution in [0.15, 0.2) is 30.5 Å². The van der Waals surface area contributed by atoms with Crippen LogP contribution in [0.5, 0.6) is 5.75 Å². The van der Waals surface area contributed by atoms with E-state index in [1.54, 1.807) is 7.11 Å². The van der Waals surface area contributed by atoms with Gasteiger partial charge in [-0.3, -0.25) is 4.68 Å². The van der Waals surface area contributed by atoms with Crippen LogP contribution in [0.1, 0.15) is 49.2 Å². The summed E-state index contributed by atoms with van der Waals surface area (Å²) in [6.07, 6.45) is 2.99. The molecule has 1 N–H and O–H groups in total. The molecule has 1 heterocycles. The third-order valence-corrected chi connectivity index (χ3v) is 4.12. The molecule has 0 aliphatic rings. The minimum atomic E-state index is 0.269. The van der Waals surface area contributed by atoms with Crippen LogP contribution in [0.25, 0.3) is 0 Å². The van der Waals surface area contributed by atoms with Gasteiger partial charge in [0.2, 0.25) is 0 Å². The summed E-state index contributed by atoms with van der Waals surface area (Å²) in [7, 11) is 3.67. The molecule has 0 aliphatic carbocycles. The number of aromatic nitrogens is 2. The van der Waals surface area contributed by atoms with Crippen molar-refractivity contribution in [2.45, 2.75) is 39.3 Å². The zero-order chi connectivity index (χ0) is 15.4. The number of rotatable bonds is 6. The summed E-state index contributed by atoms with van der Waals surface area (Å²) in [6, 6.07) is 8.88. The van der Waals surface area contributed by atoms with E-state index in [4.69, 9.17) is 4.74 Å². The standard InChI is InChI=1S/C17H25N3O/c1-6-17(14-7-9-15(21-5)10-8-14)19-12(2)16-11-18-20(4)13(16)3/h7-12,17,19H,6H2,1-5H3. The van der Waals surface area contributed by atoms with Crippen molar-refractivity contribution >= 4 is 0 Å². The Bertz CT molecular complexity index is 574. The number of nitrogens with zero attached hydrogens (tertiary/aromatic N) is 2. The predicted octanol–water partition coefficient (Wildman–Crippen LogP) is 3.54. The van der Waals surface area contributed by atoms with E-state index >= 15 is 0 Å². The normalized spacial score (nSPS) is 14.0. The van der Waals surface area contributed by atoms with E-state index in [1.807, 2.05) is 30.1 Å². The summed E-state index contributed by atoms with van der Waals surface area (Å²) in [5.41, 5.74) is 3.75. The summed E-state index contributed by atoms with van der Waals surface area (Å²) in [5.74, 6) is 0.893. The molecule has 1 aromatic carbocycles. The van der Waals surface area contributed by atoms with E-state index in [9.17, 15) is 0 Å². The predicted molar refractivity (Wildman–Crippen MR) is 85.5 cm³/mol. The maximum absolute atomic E-state index is 5.22. The highest BCUT2D eigenvalue weighted by molar-refractivity contribution is 5.29. The highest BCUT2D eigenvalue weighted by Crippen LogP contribution is 2.25. The van der Waals surface area contributed by atoms with Gasteiger partial charge in [-0.15, -0.1) is 0 Å². The number of nitrogens with one attached hydrogen (secondary N) is 1. The van der Waals surface area contributed by atoms with Crippen molar-refractivity contribution in [2.75, 3.05) is 7.11 Å². The smallest absolute Gasteiger partial charge is 0.118 e. The molecule has 0 fully saturated rings. The first-order valence-electron chi connectivity index (χ1n) is 7.45. The topological polar surface area (TPSA) is 39.1 Å². The summed E-state index contributed by atoms with van der Waals surface area (Å²) >= 11 is 0. The second-order valence-corrected chi connectivity index (χ2v) is 5.43. The number of hydrogen-bond donors (Lipinski definition) is 1. The van der Waals surface area contributed by atoms with Crippen molar-refractivity contribution in [2.24, 2.45) is 7.05 Å². The molecule has 0 spiro atoms. The lowest BCUT2D eigenvalue weighted by Crippen LogP contribution is -2.24. The average Bonchev–Trinajstić information content (AvgIpc) is 2.84. The average molecular weight is 287 g/mol. The Hall–Kier alpha value is -1.81. The maximum Gasteiger partial charge on any atom is 0.118 e. The van der Waals surface area contributed by atoms with Gasteiger partial charge < -0.3 is 10.1 Å². The fraction of sp³-hybridized carbons (Fsp3) is 0.471. The zero-order valence-corrected chi connectivity index (χ0v) is 13.6. The van der Waals surface area contributed by atoms with E-state index in [2.05, 4.69) is 43.3 Å². The largest absolute Gasteiger partial charge is 0.497 e. The van der Waals surface area contributed by atoms with Crippen LogP contribution in [0.2, 0.25) is 0 Å². The molecule has 4 nitrogen and oxygen atoms in total. The van der Waals surface area contributed by atoms with Crippen LogP contribution in [-0.4, -0.2) is 16.9 Å². The molecular weight excluding hydrogens is 262 g/mol. The van der Waals surface area contributed by atoms with Gasteiger partial charge >= 0.3 is 0 Å². The quantitative estimate of drug-likeness (QED) is 0.883. The molecule has 114 valence electrons. The fourth-order valence-electron chi connectivity index (χ4n) is 2.62. The van der Waals surface area contributed by atoms with Crippen molar-refractivity contribution in [1.82, 2.24) is 15.1 Å². The first-order chi connectivity index (χ1) is 10.1. The summed E-state index contributed by atoms with van der Waals surface area (Å²) < 4.78 is 7.14. The molecule has 0 radical (unpaired) electrons. The first-order valence-corrected chi connectivity index (χ1v) is 7.45. The minimum Gasteiger partial charge on any atom is -0.497 e. The third-order valence-electron chi connectivity index (χ3n) is 4.12. The van der Waals surface area contributed by atoms with Crippen molar-refractivity contribution < 1.29 is 4.74 Å². The van der Waals surface area contributed by atoms with Crippen LogP contribution < -0.4 is 10.1 Å². The van der Waals surface area contributed by atoms with E-state index in [1.165, 1.54) is 16.8 Å². The molecule has 1 aromatic heterocycles. The van der Waals surface area contributed by atoms with Crippen molar-refractivity contribution in [3.05, 3.63) is 47.3 Å². The fourth-order valence-corrected chi connectivity index (χ4v) is 2.62. The Kier molecular flexibility index (Phi) is 5.02. The van der Waals surface area contributed by atoms with Gasteiger partial charge in [-0.05, 0) is 38.0 Å². The number of hydrogen-bond acceptors (Lipinski definition) is 3. The van der Waals surface area contributed by atoms with Crippen molar-refractivity contribution in [3.8, 4) is 5.75 Å². The second-order valence-electron chi connectivity index (χ2n) is 5.43. The van der Waals surface area contributed by atoms with Gasteiger partial charge in [0.1, 0.15) is 5.75 Å². The molecule has 2 aromatic rings. The highest BCUT2D eigenvalue weighted by atomic mass is 16.5. The molecule has 0 amide bonds. The number of methoxy groups -OCH3 is 1. The SMILES string of the molecule is CCC(NC(C)c1cnn(C)c1C)c1ccc(OC)cc1. The van der Waals surface area contributed by atoms with Crippen LogP contribution in [0.4, 0.5) is 0 Å². The van der Waals surface area contributed by atoms with Crippen molar-refractivity contribution in [1.29, 1.82) is 0 Å². The van der Waals surface area contributed by atoms with Gasteiger partial charge in [0.05, 0.1) is 13.3 Å². The molecule has 0 aliphatic heterocycles. The second kappa shape index (κ2) is 6.76. The molecule has 2 unspecified atom stereocenters. The van der Waals surface area contributed by atoms with Crippen LogP contribution in [0.3, 0.4) is 0 Å². The van der Waals surface area contributed by atoms with Gasteiger partial charge in [0, 0.05) is 30.4 Å². The molecule has 2 rings (SSSR count). The molecular formula is C17H25N3O.